The summed E-state index contributed by atoms with van der Waals surface area (Å²) in [5.41, 5.74) is 4.36. The molecule has 1 aliphatic heterocycles. The van der Waals surface area contributed by atoms with Crippen LogP contribution in [-0.2, 0) is 6.42 Å². The highest BCUT2D eigenvalue weighted by Gasteiger charge is 2.38. The van der Waals surface area contributed by atoms with Gasteiger partial charge in [-0.1, -0.05) is 19.9 Å². The van der Waals surface area contributed by atoms with Crippen LogP contribution in [-0.4, -0.2) is 52.1 Å². The Hall–Kier alpha value is -4.41. The molecule has 0 saturated carbocycles. The number of aromatic amines is 1. The molecule has 1 unspecified atom stereocenters. The van der Waals surface area contributed by atoms with Crippen LogP contribution in [0.5, 0.6) is 0 Å². The van der Waals surface area contributed by atoms with Gasteiger partial charge in [-0.3, -0.25) is 4.79 Å². The fourth-order valence-electron chi connectivity index (χ4n) is 4.54. The molecule has 1 aliphatic rings. The lowest BCUT2D eigenvalue weighted by molar-refractivity contribution is 0.0646. The summed E-state index contributed by atoms with van der Waals surface area (Å²) in [6.45, 7) is 4.64. The van der Waals surface area contributed by atoms with Gasteiger partial charge in [0.1, 0.15) is 6.04 Å². The van der Waals surface area contributed by atoms with E-state index in [4.69, 9.17) is 9.52 Å². The summed E-state index contributed by atoms with van der Waals surface area (Å²) >= 11 is 0. The van der Waals surface area contributed by atoms with E-state index in [2.05, 4.69) is 45.1 Å². The molecular formula is C24H21FN8O2. The van der Waals surface area contributed by atoms with E-state index >= 15 is 0 Å². The quantitative estimate of drug-likeness (QED) is 0.425. The minimum atomic E-state index is -0.613. The molecule has 6 rings (SSSR count). The van der Waals surface area contributed by atoms with Crippen molar-refractivity contribution in [2.75, 3.05) is 6.54 Å². The minimum absolute atomic E-state index is 0.106. The molecule has 0 aromatic carbocycles. The third-order valence-corrected chi connectivity index (χ3v) is 6.21. The normalized spacial score (nSPS) is 15.7. The van der Waals surface area contributed by atoms with Crippen LogP contribution in [0.1, 0.15) is 59.1 Å². The molecule has 0 spiro atoms. The van der Waals surface area contributed by atoms with Crippen LogP contribution in [0.4, 0.5) is 4.39 Å². The van der Waals surface area contributed by atoms with Gasteiger partial charge in [0.25, 0.3) is 5.89 Å². The average molecular weight is 472 g/mol. The Morgan fingerprint density at radius 1 is 1.23 bits per heavy atom. The van der Waals surface area contributed by atoms with Crippen molar-refractivity contribution in [3.8, 4) is 11.6 Å². The van der Waals surface area contributed by atoms with Crippen LogP contribution in [0.3, 0.4) is 0 Å². The molecule has 1 amide bonds. The first kappa shape index (κ1) is 21.1. The number of nitrogens with one attached hydrogen (secondary N) is 1. The van der Waals surface area contributed by atoms with Crippen molar-refractivity contribution in [1.82, 2.24) is 39.7 Å². The van der Waals surface area contributed by atoms with E-state index in [1.165, 1.54) is 18.3 Å². The zero-order valence-corrected chi connectivity index (χ0v) is 19.0. The van der Waals surface area contributed by atoms with Gasteiger partial charge in [-0.25, -0.2) is 18.9 Å². The predicted octanol–water partition coefficient (Wildman–Crippen LogP) is 3.55. The number of hydrogen-bond acceptors (Lipinski definition) is 7. The molecule has 1 atom stereocenters. The van der Waals surface area contributed by atoms with E-state index in [1.54, 1.807) is 11.2 Å². The second kappa shape index (κ2) is 8.12. The second-order valence-electron chi connectivity index (χ2n) is 8.68. The standard InChI is InChI=1S/C24H21FN8O2/c1-13(2)14-5-4-9-33-18(14)11-17(31-33)21-20-16(27-12-28-20)7-10-32(21)24(34)23-30-29-22(35-23)19-15(25)6-3-8-26-19/h3-6,8-9,11-13,21H,7,10H2,1-2H3,(H,27,28). The molecule has 6 heterocycles. The lowest BCUT2D eigenvalue weighted by Gasteiger charge is -2.32. The Morgan fingerprint density at radius 2 is 2.11 bits per heavy atom. The summed E-state index contributed by atoms with van der Waals surface area (Å²) in [6, 6.07) is 8.17. The molecule has 35 heavy (non-hydrogen) atoms. The lowest BCUT2D eigenvalue weighted by atomic mass is 9.98. The molecule has 0 bridgehead atoms. The largest absolute Gasteiger partial charge is 0.411 e. The monoisotopic (exact) mass is 472 g/mol. The summed E-state index contributed by atoms with van der Waals surface area (Å²) in [4.78, 5) is 26.8. The molecule has 10 nitrogen and oxygen atoms in total. The van der Waals surface area contributed by atoms with Crippen LogP contribution in [0.25, 0.3) is 17.1 Å². The number of carbonyl (C=O) groups excluding carboxylic acids is 1. The van der Waals surface area contributed by atoms with Crippen molar-refractivity contribution in [3.05, 3.63) is 83.4 Å². The fraction of sp³-hybridized carbons (Fsp3) is 0.250. The number of aromatic nitrogens is 7. The SMILES string of the molecule is CC(C)c1cccn2nc(C3c4nc[nH]c4CCN3C(=O)c3nnc(-c4ncccc4F)o3)cc12. The first-order valence-corrected chi connectivity index (χ1v) is 11.3. The first-order chi connectivity index (χ1) is 17.0. The molecule has 11 heteroatoms. The van der Waals surface area contributed by atoms with E-state index in [1.807, 2.05) is 22.8 Å². The zero-order chi connectivity index (χ0) is 24.1. The highest BCUT2D eigenvalue weighted by molar-refractivity contribution is 5.90. The van der Waals surface area contributed by atoms with Gasteiger partial charge >= 0.3 is 11.8 Å². The number of halogens is 1. The molecular weight excluding hydrogens is 451 g/mol. The average Bonchev–Trinajstić information content (AvgIpc) is 3.62. The van der Waals surface area contributed by atoms with Crippen molar-refractivity contribution in [1.29, 1.82) is 0 Å². The van der Waals surface area contributed by atoms with Crippen LogP contribution in [0.2, 0.25) is 0 Å². The maximum atomic E-state index is 14.1. The van der Waals surface area contributed by atoms with E-state index < -0.39 is 17.8 Å². The van der Waals surface area contributed by atoms with Crippen LogP contribution < -0.4 is 0 Å². The van der Waals surface area contributed by atoms with E-state index in [9.17, 15) is 9.18 Å². The highest BCUT2D eigenvalue weighted by atomic mass is 19.1. The van der Waals surface area contributed by atoms with E-state index in [-0.39, 0.29) is 17.5 Å². The number of carbonyl (C=O) groups is 1. The number of imidazole rings is 1. The molecule has 0 radical (unpaired) electrons. The summed E-state index contributed by atoms with van der Waals surface area (Å²) in [6.07, 6.45) is 5.50. The number of hydrogen-bond donors (Lipinski definition) is 1. The van der Waals surface area contributed by atoms with Gasteiger partial charge < -0.3 is 14.3 Å². The Labute approximate surface area is 198 Å². The molecule has 176 valence electrons. The van der Waals surface area contributed by atoms with Crippen molar-refractivity contribution in [2.24, 2.45) is 0 Å². The maximum Gasteiger partial charge on any atom is 0.312 e. The Kier molecular flexibility index (Phi) is 4.90. The molecule has 5 aromatic heterocycles. The Balaban J connectivity index is 1.42. The number of fused-ring (bicyclic) bond motifs is 2. The van der Waals surface area contributed by atoms with Gasteiger partial charge in [0.15, 0.2) is 11.5 Å². The molecule has 0 aliphatic carbocycles. The third kappa shape index (κ3) is 3.47. The number of amides is 1. The number of nitrogens with zero attached hydrogens (tertiary/aromatic N) is 7. The predicted molar refractivity (Wildman–Crippen MR) is 122 cm³/mol. The van der Waals surface area contributed by atoms with Crippen LogP contribution in [0.15, 0.2) is 53.5 Å². The molecule has 1 N–H and O–H groups in total. The van der Waals surface area contributed by atoms with Gasteiger partial charge in [0, 0.05) is 31.1 Å². The summed E-state index contributed by atoms with van der Waals surface area (Å²) in [7, 11) is 0. The van der Waals surface area contributed by atoms with Gasteiger partial charge in [0.05, 0.1) is 23.2 Å². The Morgan fingerprint density at radius 3 is 2.94 bits per heavy atom. The zero-order valence-electron chi connectivity index (χ0n) is 19.0. The van der Waals surface area contributed by atoms with Crippen LogP contribution in [0, 0.1) is 5.82 Å². The summed E-state index contributed by atoms with van der Waals surface area (Å²) in [5.74, 6) is -1.20. The van der Waals surface area contributed by atoms with Crippen molar-refractivity contribution in [3.63, 3.8) is 0 Å². The second-order valence-corrected chi connectivity index (χ2v) is 8.68. The van der Waals surface area contributed by atoms with E-state index in [0.29, 0.717) is 24.6 Å². The first-order valence-electron chi connectivity index (χ1n) is 11.3. The van der Waals surface area contributed by atoms with Crippen molar-refractivity contribution < 1.29 is 13.6 Å². The van der Waals surface area contributed by atoms with Crippen LogP contribution >= 0.6 is 0 Å². The third-order valence-electron chi connectivity index (χ3n) is 6.21. The van der Waals surface area contributed by atoms with Crippen molar-refractivity contribution in [2.45, 2.75) is 32.2 Å². The summed E-state index contributed by atoms with van der Waals surface area (Å²) in [5, 5.41) is 12.5. The van der Waals surface area contributed by atoms with Gasteiger partial charge in [-0.15, -0.1) is 10.2 Å². The summed E-state index contributed by atoms with van der Waals surface area (Å²) < 4.78 is 21.5. The number of rotatable bonds is 4. The van der Waals surface area contributed by atoms with Gasteiger partial charge in [0.2, 0.25) is 0 Å². The maximum absolute atomic E-state index is 14.1. The minimum Gasteiger partial charge on any atom is -0.411 e. The van der Waals surface area contributed by atoms with E-state index in [0.717, 1.165) is 22.5 Å². The number of pyridine rings is 2. The highest BCUT2D eigenvalue weighted by Crippen LogP contribution is 2.35. The van der Waals surface area contributed by atoms with Gasteiger partial charge in [-0.2, -0.15) is 5.10 Å². The number of H-pyrrole nitrogens is 1. The topological polar surface area (TPSA) is 118 Å². The molecule has 5 aromatic rings. The smallest absolute Gasteiger partial charge is 0.312 e. The Bertz CT molecular complexity index is 1550. The lowest BCUT2D eigenvalue weighted by Crippen LogP contribution is -2.41. The fourth-order valence-corrected chi connectivity index (χ4v) is 4.54. The molecule has 0 saturated heterocycles. The van der Waals surface area contributed by atoms with Crippen molar-refractivity contribution >= 4 is 11.4 Å². The molecule has 0 fully saturated rings. The van der Waals surface area contributed by atoms with Gasteiger partial charge in [-0.05, 0) is 35.7 Å².